The Labute approximate surface area is 157 Å². The van der Waals surface area contributed by atoms with Gasteiger partial charge in [-0.2, -0.15) is 0 Å². The van der Waals surface area contributed by atoms with E-state index in [2.05, 4.69) is 36.5 Å². The molecule has 5 heteroatoms. The van der Waals surface area contributed by atoms with Crippen molar-refractivity contribution >= 4 is 6.03 Å². The molecule has 0 bridgehead atoms. The molecular weight excluding hydrogens is 328 g/mol. The fourth-order valence-corrected chi connectivity index (χ4v) is 4.44. The standard InChI is InChI=1S/C21H32N2O3/c1-16-7-5-6-8-18(16)21(9-11-25-12-10-21)14-22-19(24)23-13-17(2)26-20(3,4)15-23/h5-8,17H,9-15H2,1-4H3,(H,22,24). The predicted octanol–water partition coefficient (Wildman–Crippen LogP) is 3.25. The lowest BCUT2D eigenvalue weighted by molar-refractivity contribution is -0.117. The zero-order chi connectivity index (χ0) is 18.8. The average molecular weight is 360 g/mol. The van der Waals surface area contributed by atoms with E-state index in [0.29, 0.717) is 19.6 Å². The minimum Gasteiger partial charge on any atom is -0.381 e. The van der Waals surface area contributed by atoms with Crippen molar-refractivity contribution in [1.82, 2.24) is 10.2 Å². The van der Waals surface area contributed by atoms with Gasteiger partial charge in [-0.05, 0) is 51.7 Å². The van der Waals surface area contributed by atoms with E-state index in [1.807, 2.05) is 25.7 Å². The Morgan fingerprint density at radius 2 is 1.96 bits per heavy atom. The number of hydrogen-bond acceptors (Lipinski definition) is 3. The molecule has 0 saturated carbocycles. The molecule has 1 N–H and O–H groups in total. The second-order valence-electron chi connectivity index (χ2n) is 8.44. The van der Waals surface area contributed by atoms with Crippen molar-refractivity contribution in [3.63, 3.8) is 0 Å². The van der Waals surface area contributed by atoms with Crippen LogP contribution in [-0.2, 0) is 14.9 Å². The average Bonchev–Trinajstić information content (AvgIpc) is 2.59. The minimum absolute atomic E-state index is 0.00711. The summed E-state index contributed by atoms with van der Waals surface area (Å²) in [7, 11) is 0. The number of aryl methyl sites for hydroxylation is 1. The van der Waals surface area contributed by atoms with Crippen LogP contribution in [0.5, 0.6) is 0 Å². The number of ether oxygens (including phenoxy) is 2. The SMILES string of the molecule is Cc1ccccc1C1(CNC(=O)N2CC(C)OC(C)(C)C2)CCOCC1. The fourth-order valence-electron chi connectivity index (χ4n) is 4.44. The topological polar surface area (TPSA) is 50.8 Å². The summed E-state index contributed by atoms with van der Waals surface area (Å²) in [5, 5.41) is 3.22. The first-order valence-electron chi connectivity index (χ1n) is 9.66. The Morgan fingerprint density at radius 1 is 1.27 bits per heavy atom. The van der Waals surface area contributed by atoms with Gasteiger partial charge >= 0.3 is 6.03 Å². The summed E-state index contributed by atoms with van der Waals surface area (Å²) >= 11 is 0. The zero-order valence-electron chi connectivity index (χ0n) is 16.5. The maximum absolute atomic E-state index is 12.9. The first-order chi connectivity index (χ1) is 12.3. The lowest BCUT2D eigenvalue weighted by atomic mass is 9.72. The van der Waals surface area contributed by atoms with Crippen molar-refractivity contribution in [2.75, 3.05) is 32.8 Å². The van der Waals surface area contributed by atoms with E-state index in [-0.39, 0.29) is 23.2 Å². The van der Waals surface area contributed by atoms with Crippen LogP contribution in [0.25, 0.3) is 0 Å². The molecule has 1 unspecified atom stereocenters. The molecule has 2 amide bonds. The smallest absolute Gasteiger partial charge is 0.317 e. The molecule has 2 aliphatic heterocycles. The van der Waals surface area contributed by atoms with E-state index < -0.39 is 0 Å². The monoisotopic (exact) mass is 360 g/mol. The normalized spacial score (nSPS) is 24.9. The molecule has 1 atom stereocenters. The second kappa shape index (κ2) is 7.57. The van der Waals surface area contributed by atoms with Crippen LogP contribution in [0.3, 0.4) is 0 Å². The van der Waals surface area contributed by atoms with E-state index in [1.165, 1.54) is 11.1 Å². The first kappa shape index (κ1) is 19.2. The van der Waals surface area contributed by atoms with E-state index in [4.69, 9.17) is 9.47 Å². The van der Waals surface area contributed by atoms with E-state index in [1.54, 1.807) is 0 Å². The molecule has 0 radical (unpaired) electrons. The Morgan fingerprint density at radius 3 is 2.62 bits per heavy atom. The molecular formula is C21H32N2O3. The van der Waals surface area contributed by atoms with Crippen LogP contribution in [0.15, 0.2) is 24.3 Å². The second-order valence-corrected chi connectivity index (χ2v) is 8.44. The Bertz CT molecular complexity index is 638. The number of benzene rings is 1. The van der Waals surface area contributed by atoms with Gasteiger partial charge in [-0.25, -0.2) is 4.79 Å². The number of carbonyl (C=O) groups is 1. The van der Waals surface area contributed by atoms with Crippen LogP contribution in [-0.4, -0.2) is 55.5 Å². The van der Waals surface area contributed by atoms with E-state index >= 15 is 0 Å². The van der Waals surface area contributed by atoms with Crippen molar-refractivity contribution in [3.05, 3.63) is 35.4 Å². The third-order valence-electron chi connectivity index (χ3n) is 5.60. The number of hydrogen-bond donors (Lipinski definition) is 1. The van der Waals surface area contributed by atoms with Crippen molar-refractivity contribution in [2.24, 2.45) is 0 Å². The van der Waals surface area contributed by atoms with Gasteiger partial charge in [-0.3, -0.25) is 0 Å². The maximum atomic E-state index is 12.9. The van der Waals surface area contributed by atoms with Gasteiger partial charge in [0.15, 0.2) is 0 Å². The molecule has 1 aromatic rings. The third kappa shape index (κ3) is 4.21. The summed E-state index contributed by atoms with van der Waals surface area (Å²) in [4.78, 5) is 14.7. The van der Waals surface area contributed by atoms with Gasteiger partial charge in [0, 0.05) is 31.7 Å². The minimum atomic E-state index is -0.304. The number of urea groups is 1. The van der Waals surface area contributed by atoms with Gasteiger partial charge in [-0.15, -0.1) is 0 Å². The van der Waals surface area contributed by atoms with Crippen molar-refractivity contribution < 1.29 is 14.3 Å². The molecule has 1 aromatic carbocycles. The largest absolute Gasteiger partial charge is 0.381 e. The number of morpholine rings is 1. The van der Waals surface area contributed by atoms with Crippen LogP contribution < -0.4 is 5.32 Å². The molecule has 2 fully saturated rings. The van der Waals surface area contributed by atoms with Crippen LogP contribution in [0, 0.1) is 6.92 Å². The number of carbonyl (C=O) groups excluding carboxylic acids is 1. The van der Waals surface area contributed by atoms with E-state index in [0.717, 1.165) is 26.1 Å². The van der Waals surface area contributed by atoms with Gasteiger partial charge in [0.2, 0.25) is 0 Å². The van der Waals surface area contributed by atoms with Crippen LogP contribution >= 0.6 is 0 Å². The Balaban J connectivity index is 1.72. The quantitative estimate of drug-likeness (QED) is 0.900. The Hall–Kier alpha value is -1.59. The zero-order valence-corrected chi connectivity index (χ0v) is 16.5. The molecule has 0 aliphatic carbocycles. The molecule has 26 heavy (non-hydrogen) atoms. The van der Waals surface area contributed by atoms with Crippen molar-refractivity contribution in [3.8, 4) is 0 Å². The highest BCUT2D eigenvalue weighted by molar-refractivity contribution is 5.74. The van der Waals surface area contributed by atoms with Crippen molar-refractivity contribution in [2.45, 2.75) is 57.7 Å². The van der Waals surface area contributed by atoms with Gasteiger partial charge in [0.1, 0.15) is 0 Å². The van der Waals surface area contributed by atoms with Gasteiger partial charge in [0.25, 0.3) is 0 Å². The van der Waals surface area contributed by atoms with Crippen LogP contribution in [0.4, 0.5) is 4.79 Å². The first-order valence-corrected chi connectivity index (χ1v) is 9.66. The molecule has 0 spiro atoms. The van der Waals surface area contributed by atoms with E-state index in [9.17, 15) is 4.79 Å². The lowest BCUT2D eigenvalue weighted by Gasteiger charge is -2.43. The molecule has 144 valence electrons. The summed E-state index contributed by atoms with van der Waals surface area (Å²) in [5.41, 5.74) is 2.26. The lowest BCUT2D eigenvalue weighted by Crippen LogP contribution is -2.57. The summed E-state index contributed by atoms with van der Waals surface area (Å²) in [6.07, 6.45) is 1.92. The van der Waals surface area contributed by atoms with Gasteiger partial charge in [0.05, 0.1) is 18.2 Å². The predicted molar refractivity (Wildman–Crippen MR) is 103 cm³/mol. The highest BCUT2D eigenvalue weighted by Gasteiger charge is 2.38. The molecule has 0 aromatic heterocycles. The van der Waals surface area contributed by atoms with Gasteiger partial charge in [-0.1, -0.05) is 24.3 Å². The number of rotatable bonds is 3. The maximum Gasteiger partial charge on any atom is 0.317 e. The third-order valence-corrected chi connectivity index (χ3v) is 5.60. The molecule has 2 aliphatic rings. The Kier molecular flexibility index (Phi) is 5.58. The summed E-state index contributed by atoms with van der Waals surface area (Å²) in [6.45, 7) is 11.6. The molecule has 2 heterocycles. The van der Waals surface area contributed by atoms with Crippen LogP contribution in [0.1, 0.15) is 44.7 Å². The summed E-state index contributed by atoms with van der Waals surface area (Å²) in [5.74, 6) is 0. The molecule has 2 saturated heterocycles. The van der Waals surface area contributed by atoms with Crippen molar-refractivity contribution in [1.29, 1.82) is 0 Å². The molecule has 5 nitrogen and oxygen atoms in total. The van der Waals surface area contributed by atoms with Gasteiger partial charge < -0.3 is 19.7 Å². The highest BCUT2D eigenvalue weighted by atomic mass is 16.5. The number of amides is 2. The summed E-state index contributed by atoms with van der Waals surface area (Å²) in [6, 6.07) is 8.52. The highest BCUT2D eigenvalue weighted by Crippen LogP contribution is 2.36. The van der Waals surface area contributed by atoms with Crippen LogP contribution in [0.2, 0.25) is 0 Å². The molecule has 3 rings (SSSR count). The number of nitrogens with one attached hydrogen (secondary N) is 1. The summed E-state index contributed by atoms with van der Waals surface area (Å²) < 4.78 is 11.5. The number of nitrogens with zero attached hydrogens (tertiary/aromatic N) is 1. The fraction of sp³-hybridized carbons (Fsp3) is 0.667.